The van der Waals surface area contributed by atoms with E-state index in [1.807, 2.05) is 0 Å². The molecule has 4 rings (SSSR count). The smallest absolute Gasteiger partial charge is 0.251 e. The number of nitriles is 1. The number of hydrogen-bond acceptors (Lipinski definition) is 10. The summed E-state index contributed by atoms with van der Waals surface area (Å²) in [6.07, 6.45) is -0.323. The highest BCUT2D eigenvalue weighted by atomic mass is 19.1. The molecule has 1 aromatic carbocycles. The van der Waals surface area contributed by atoms with E-state index in [0.717, 1.165) is 0 Å². The number of rotatable bonds is 7. The first kappa shape index (κ1) is 24.7. The highest BCUT2D eigenvalue weighted by molar-refractivity contribution is 5.80. The van der Waals surface area contributed by atoms with Gasteiger partial charge in [0.1, 0.15) is 30.4 Å². The predicted octanol–water partition coefficient (Wildman–Crippen LogP) is 2.26. The Morgan fingerprint density at radius 3 is 2.86 bits per heavy atom. The molecule has 11 nitrogen and oxygen atoms in total. The number of nitrogens with one attached hydrogen (secondary N) is 1. The van der Waals surface area contributed by atoms with Crippen molar-refractivity contribution in [1.29, 1.82) is 5.26 Å². The lowest BCUT2D eigenvalue weighted by Gasteiger charge is -2.35. The number of aliphatic hydroxyl groups excluding tert-OH is 1. The maximum Gasteiger partial charge on any atom is 0.251 e. The first-order chi connectivity index (χ1) is 17.4. The van der Waals surface area contributed by atoms with E-state index >= 15 is 0 Å². The number of anilines is 2. The Kier molecular flexibility index (Phi) is 7.50. The lowest BCUT2D eigenvalue weighted by atomic mass is 10.0. The second kappa shape index (κ2) is 10.9. The largest absolute Gasteiger partial charge is 0.486 e. The Labute approximate surface area is 206 Å². The number of amides is 1. The van der Waals surface area contributed by atoms with Crippen LogP contribution in [-0.4, -0.2) is 74.4 Å². The van der Waals surface area contributed by atoms with Crippen LogP contribution in [0.25, 0.3) is 11.4 Å². The Morgan fingerprint density at radius 2 is 2.14 bits per heavy atom. The summed E-state index contributed by atoms with van der Waals surface area (Å²) in [4.78, 5) is 30.0. The molecule has 1 saturated heterocycles. The van der Waals surface area contributed by atoms with Gasteiger partial charge in [0.2, 0.25) is 11.8 Å². The van der Waals surface area contributed by atoms with Crippen LogP contribution >= 0.6 is 0 Å². The van der Waals surface area contributed by atoms with E-state index in [0.29, 0.717) is 23.0 Å². The summed E-state index contributed by atoms with van der Waals surface area (Å²) in [5, 5.41) is 22.2. The minimum atomic E-state index is -1.46. The number of likely N-dealkylation sites (tertiary alicyclic amines) is 1. The zero-order chi connectivity index (χ0) is 25.7. The normalized spacial score (nSPS) is 18.1. The minimum absolute atomic E-state index is 0.182. The molecule has 1 amide bonds. The monoisotopic (exact) mass is 493 g/mol. The van der Waals surface area contributed by atoms with E-state index in [4.69, 9.17) is 9.47 Å². The van der Waals surface area contributed by atoms with E-state index in [2.05, 4.69) is 31.3 Å². The maximum atomic E-state index is 14.7. The van der Waals surface area contributed by atoms with Crippen molar-refractivity contribution in [3.63, 3.8) is 0 Å². The van der Waals surface area contributed by atoms with E-state index in [9.17, 15) is 19.6 Å². The van der Waals surface area contributed by atoms with Gasteiger partial charge in [-0.1, -0.05) is 0 Å². The van der Waals surface area contributed by atoms with Crippen molar-refractivity contribution in [3.05, 3.63) is 48.4 Å². The Balaban J connectivity index is 1.48. The van der Waals surface area contributed by atoms with Crippen LogP contribution in [0.15, 0.2) is 42.9 Å². The summed E-state index contributed by atoms with van der Waals surface area (Å²) in [6.45, 7) is 1.41. The van der Waals surface area contributed by atoms with Gasteiger partial charge in [-0.15, -0.1) is 0 Å². The molecule has 1 fully saturated rings. The van der Waals surface area contributed by atoms with E-state index in [-0.39, 0.29) is 36.8 Å². The van der Waals surface area contributed by atoms with Gasteiger partial charge in [0, 0.05) is 36.5 Å². The fraction of sp³-hybridized carbons (Fsp3) is 0.333. The molecular weight excluding hydrogens is 469 g/mol. The molecule has 1 aliphatic rings. The number of aromatic nitrogens is 4. The van der Waals surface area contributed by atoms with Crippen molar-refractivity contribution in [2.24, 2.45) is 0 Å². The molecule has 0 radical (unpaired) electrons. The lowest BCUT2D eigenvalue weighted by Crippen LogP contribution is -2.51. The van der Waals surface area contributed by atoms with E-state index in [1.165, 1.54) is 25.3 Å². The molecule has 0 aliphatic carbocycles. The molecular formula is C24H24FN7O4. The molecule has 186 valence electrons. The third kappa shape index (κ3) is 5.64. The Morgan fingerprint density at radius 1 is 1.31 bits per heavy atom. The third-order valence-corrected chi connectivity index (χ3v) is 5.56. The average molecular weight is 493 g/mol. The predicted molar refractivity (Wildman–Crippen MR) is 126 cm³/mol. The third-order valence-electron chi connectivity index (χ3n) is 5.56. The number of nitrogens with zero attached hydrogens (tertiary/aromatic N) is 6. The lowest BCUT2D eigenvalue weighted by molar-refractivity contribution is -0.143. The number of alkyl halides is 1. The fourth-order valence-corrected chi connectivity index (χ4v) is 3.73. The molecule has 2 aromatic heterocycles. The van der Waals surface area contributed by atoms with Crippen molar-refractivity contribution >= 4 is 17.5 Å². The minimum Gasteiger partial charge on any atom is -0.486 e. The molecule has 3 heterocycles. The molecule has 12 heteroatoms. The molecule has 3 atom stereocenters. The second-order valence-electron chi connectivity index (χ2n) is 8.09. The van der Waals surface area contributed by atoms with Gasteiger partial charge in [-0.2, -0.15) is 10.2 Å². The van der Waals surface area contributed by atoms with Crippen molar-refractivity contribution in [2.45, 2.75) is 31.7 Å². The van der Waals surface area contributed by atoms with Gasteiger partial charge >= 0.3 is 0 Å². The zero-order valence-corrected chi connectivity index (χ0v) is 19.6. The molecule has 2 N–H and O–H groups in total. The number of piperidine rings is 1. The summed E-state index contributed by atoms with van der Waals surface area (Å²) < 4.78 is 25.7. The summed E-state index contributed by atoms with van der Waals surface area (Å²) in [6, 6.07) is 10.3. The first-order valence-electron chi connectivity index (χ1n) is 11.2. The number of carbonyl (C=O) groups is 1. The molecule has 3 aromatic rings. The number of carbonyl (C=O) groups excluding carboxylic acids is 1. The van der Waals surface area contributed by atoms with Crippen molar-refractivity contribution < 1.29 is 23.8 Å². The average Bonchev–Trinajstić information content (AvgIpc) is 2.89. The van der Waals surface area contributed by atoms with Crippen LogP contribution in [0.4, 0.5) is 16.0 Å². The van der Waals surface area contributed by atoms with Gasteiger partial charge < -0.3 is 24.8 Å². The van der Waals surface area contributed by atoms with Crippen LogP contribution in [0.1, 0.15) is 18.9 Å². The number of aliphatic hydroxyl groups is 1. The topological polar surface area (TPSA) is 146 Å². The Hall–Kier alpha value is -4.37. The van der Waals surface area contributed by atoms with Crippen LogP contribution < -0.4 is 14.8 Å². The van der Waals surface area contributed by atoms with E-state index < -0.39 is 24.3 Å². The van der Waals surface area contributed by atoms with Crippen LogP contribution in [0.5, 0.6) is 11.6 Å². The highest BCUT2D eigenvalue weighted by Gasteiger charge is 2.34. The van der Waals surface area contributed by atoms with Crippen molar-refractivity contribution in [3.8, 4) is 29.1 Å². The standard InChI is InChI=1S/C24H24FN7O4/c1-14(33)23(34)32-8-6-20(18(25)12-32)36-19-4-3-15(9-16(19)11-26)22-28-13-29-24(31-22)30-17-5-7-27-21(10-17)35-2/h3-5,7,9-10,13-14,18,20,33H,6,8,12H2,1-2H3,(H,27,28,29,30,31)/t14-,18+,20-/m0/s1. The summed E-state index contributed by atoms with van der Waals surface area (Å²) in [5.74, 6) is 0.739. The van der Waals surface area contributed by atoms with Crippen LogP contribution in [0.2, 0.25) is 0 Å². The first-order valence-corrected chi connectivity index (χ1v) is 11.2. The summed E-state index contributed by atoms with van der Waals surface area (Å²) in [5.41, 5.74) is 1.41. The van der Waals surface area contributed by atoms with Gasteiger partial charge in [0.05, 0.1) is 19.2 Å². The molecule has 0 spiro atoms. The molecule has 0 bridgehead atoms. The number of benzene rings is 1. The fourth-order valence-electron chi connectivity index (χ4n) is 3.73. The van der Waals surface area contributed by atoms with Crippen LogP contribution in [0.3, 0.4) is 0 Å². The molecule has 36 heavy (non-hydrogen) atoms. The number of methoxy groups -OCH3 is 1. The highest BCUT2D eigenvalue weighted by Crippen LogP contribution is 2.28. The number of halogens is 1. The van der Waals surface area contributed by atoms with Gasteiger partial charge in [-0.25, -0.2) is 19.3 Å². The van der Waals surface area contributed by atoms with Crippen molar-refractivity contribution in [1.82, 2.24) is 24.8 Å². The van der Waals surface area contributed by atoms with Gasteiger partial charge in [-0.3, -0.25) is 4.79 Å². The van der Waals surface area contributed by atoms with Crippen LogP contribution in [0, 0.1) is 11.3 Å². The molecule has 0 unspecified atom stereocenters. The summed E-state index contributed by atoms with van der Waals surface area (Å²) >= 11 is 0. The number of pyridine rings is 1. The zero-order valence-electron chi connectivity index (χ0n) is 19.6. The van der Waals surface area contributed by atoms with Gasteiger partial charge in [0.15, 0.2) is 12.0 Å². The molecule has 1 aliphatic heterocycles. The SMILES string of the molecule is COc1cc(Nc2ncnc(-c3ccc(O[C@H]4CCN(C(=O)[C@H](C)O)C[C@H]4F)c(C#N)c3)n2)ccn1. The Bertz CT molecular complexity index is 1280. The van der Waals surface area contributed by atoms with Gasteiger partial charge in [-0.05, 0) is 31.2 Å². The van der Waals surface area contributed by atoms with E-state index in [1.54, 1.807) is 36.5 Å². The van der Waals surface area contributed by atoms with Gasteiger partial charge in [0.25, 0.3) is 5.91 Å². The van der Waals surface area contributed by atoms with Crippen LogP contribution in [-0.2, 0) is 4.79 Å². The van der Waals surface area contributed by atoms with Crippen molar-refractivity contribution in [2.75, 3.05) is 25.5 Å². The second-order valence-corrected chi connectivity index (χ2v) is 8.09. The molecule has 0 saturated carbocycles. The number of ether oxygens (including phenoxy) is 2. The quantitative estimate of drug-likeness (QED) is 0.502. The summed E-state index contributed by atoms with van der Waals surface area (Å²) in [7, 11) is 1.52. The maximum absolute atomic E-state index is 14.7. The number of hydrogen-bond donors (Lipinski definition) is 2.